The van der Waals surface area contributed by atoms with E-state index in [2.05, 4.69) is 0 Å². The highest BCUT2D eigenvalue weighted by molar-refractivity contribution is 4.67. The second-order valence-electron chi connectivity index (χ2n) is 2.36. The zero-order valence-electron chi connectivity index (χ0n) is 6.99. The Morgan fingerprint density at radius 2 is 2.18 bits per heavy atom. The Hall–Kier alpha value is -0.350. The van der Waals surface area contributed by atoms with E-state index in [0.29, 0.717) is 0 Å². The average molecular weight is 221 g/mol. The number of imidazole rings is 1. The van der Waals surface area contributed by atoms with Gasteiger partial charge in [0.1, 0.15) is 12.4 Å². The van der Waals surface area contributed by atoms with Gasteiger partial charge in [0.15, 0.2) is 6.23 Å². The van der Waals surface area contributed by atoms with Gasteiger partial charge in [0, 0.05) is 14.0 Å². The van der Waals surface area contributed by atoms with Crippen molar-refractivity contribution in [3.63, 3.8) is 0 Å². The standard InChI is InChI=1S/C7H13N2O.BrH/c1-7(10-3)9-5-4-8(2)6-9;/h4-7H,1-3H3;1H/q+1;/p-1. The Balaban J connectivity index is 0.000001000. The van der Waals surface area contributed by atoms with E-state index >= 15 is 0 Å². The van der Waals surface area contributed by atoms with Crippen molar-refractivity contribution in [3.05, 3.63) is 18.7 Å². The van der Waals surface area contributed by atoms with Gasteiger partial charge < -0.3 is 21.7 Å². The predicted molar refractivity (Wildman–Crippen MR) is 37.3 cm³/mol. The summed E-state index contributed by atoms with van der Waals surface area (Å²) in [7, 11) is 3.68. The second kappa shape index (κ2) is 4.51. The van der Waals surface area contributed by atoms with Crippen molar-refractivity contribution in [2.24, 2.45) is 7.05 Å². The van der Waals surface area contributed by atoms with Crippen LogP contribution in [0.15, 0.2) is 18.7 Å². The van der Waals surface area contributed by atoms with Crippen molar-refractivity contribution < 1.29 is 26.3 Å². The number of methoxy groups -OCH3 is 1. The van der Waals surface area contributed by atoms with E-state index in [1.165, 1.54) is 0 Å². The number of rotatable bonds is 2. The lowest BCUT2D eigenvalue weighted by Gasteiger charge is -2.02. The average Bonchev–Trinajstić information content (AvgIpc) is 2.34. The molecule has 4 heteroatoms. The molecule has 64 valence electrons. The van der Waals surface area contributed by atoms with Crippen LogP contribution in [0.25, 0.3) is 0 Å². The molecule has 0 aliphatic rings. The first-order valence-corrected chi connectivity index (χ1v) is 3.29. The third kappa shape index (κ3) is 2.63. The summed E-state index contributed by atoms with van der Waals surface area (Å²) in [6.07, 6.45) is 6.07. The van der Waals surface area contributed by atoms with Gasteiger partial charge >= 0.3 is 0 Å². The van der Waals surface area contributed by atoms with E-state index in [1.54, 1.807) is 7.11 Å². The van der Waals surface area contributed by atoms with Gasteiger partial charge in [-0.15, -0.1) is 0 Å². The topological polar surface area (TPSA) is 18.0 Å². The van der Waals surface area contributed by atoms with Crippen molar-refractivity contribution in [2.75, 3.05) is 7.11 Å². The van der Waals surface area contributed by atoms with E-state index in [4.69, 9.17) is 4.74 Å². The summed E-state index contributed by atoms with van der Waals surface area (Å²) in [6, 6.07) is 0. The van der Waals surface area contributed by atoms with Gasteiger partial charge in [-0.1, -0.05) is 0 Å². The zero-order chi connectivity index (χ0) is 7.56. The van der Waals surface area contributed by atoms with Gasteiger partial charge in [0.25, 0.3) is 0 Å². The first-order valence-electron chi connectivity index (χ1n) is 3.29. The predicted octanol–water partition coefficient (Wildman–Crippen LogP) is -2.52. The monoisotopic (exact) mass is 220 g/mol. The van der Waals surface area contributed by atoms with Gasteiger partial charge in [0.05, 0.1) is 7.05 Å². The molecule has 0 saturated heterocycles. The highest BCUT2D eigenvalue weighted by Gasteiger charge is 2.06. The number of halogens is 1. The fourth-order valence-corrected chi connectivity index (χ4v) is 0.806. The highest BCUT2D eigenvalue weighted by atomic mass is 79.9. The minimum Gasteiger partial charge on any atom is -1.00 e. The summed E-state index contributed by atoms with van der Waals surface area (Å²) in [6.45, 7) is 2.00. The fraction of sp³-hybridized carbons (Fsp3) is 0.571. The number of hydrogen-bond acceptors (Lipinski definition) is 1. The Morgan fingerprint density at radius 3 is 2.55 bits per heavy atom. The van der Waals surface area contributed by atoms with Gasteiger partial charge in [-0.3, -0.25) is 0 Å². The summed E-state index contributed by atoms with van der Waals surface area (Å²) >= 11 is 0. The SMILES string of the molecule is COC(C)n1cc[n+](C)c1.[Br-]. The first kappa shape index (κ1) is 10.7. The first-order chi connectivity index (χ1) is 4.74. The lowest BCUT2D eigenvalue weighted by molar-refractivity contribution is -0.671. The normalized spacial score (nSPS) is 12.3. The number of aryl methyl sites for hydroxylation is 1. The molecular weight excluding hydrogens is 208 g/mol. The van der Waals surface area contributed by atoms with Crippen LogP contribution in [0.4, 0.5) is 0 Å². The van der Waals surface area contributed by atoms with Crippen LogP contribution in [0.2, 0.25) is 0 Å². The van der Waals surface area contributed by atoms with Gasteiger partial charge in [-0.25, -0.2) is 9.13 Å². The van der Waals surface area contributed by atoms with E-state index in [0.717, 1.165) is 0 Å². The molecule has 0 aliphatic carbocycles. The largest absolute Gasteiger partial charge is 1.00 e. The van der Waals surface area contributed by atoms with Crippen molar-refractivity contribution in [3.8, 4) is 0 Å². The van der Waals surface area contributed by atoms with Gasteiger partial charge in [-0.2, -0.15) is 0 Å². The molecule has 1 atom stereocenters. The lowest BCUT2D eigenvalue weighted by Crippen LogP contribution is -3.00. The maximum absolute atomic E-state index is 5.10. The van der Waals surface area contributed by atoms with Crippen molar-refractivity contribution in [2.45, 2.75) is 13.2 Å². The van der Waals surface area contributed by atoms with Crippen LogP contribution < -0.4 is 21.5 Å². The molecule has 0 radical (unpaired) electrons. The third-order valence-corrected chi connectivity index (χ3v) is 1.55. The lowest BCUT2D eigenvalue weighted by atomic mass is 10.6. The van der Waals surface area contributed by atoms with E-state index in [1.807, 2.05) is 41.8 Å². The molecule has 0 amide bonds. The molecule has 0 aromatic carbocycles. The number of aromatic nitrogens is 2. The number of nitrogens with zero attached hydrogens (tertiary/aromatic N) is 2. The molecule has 1 aromatic rings. The van der Waals surface area contributed by atoms with Crippen molar-refractivity contribution >= 4 is 0 Å². The summed E-state index contributed by atoms with van der Waals surface area (Å²) in [5.41, 5.74) is 0. The van der Waals surface area contributed by atoms with Crippen molar-refractivity contribution in [1.82, 2.24) is 4.57 Å². The molecule has 0 fully saturated rings. The van der Waals surface area contributed by atoms with Crippen LogP contribution >= 0.6 is 0 Å². The summed E-state index contributed by atoms with van der Waals surface area (Å²) in [5, 5.41) is 0. The van der Waals surface area contributed by atoms with Crippen molar-refractivity contribution in [1.29, 1.82) is 0 Å². The Morgan fingerprint density at radius 1 is 1.55 bits per heavy atom. The van der Waals surface area contributed by atoms with E-state index in [9.17, 15) is 0 Å². The summed E-state index contributed by atoms with van der Waals surface area (Å²) < 4.78 is 9.08. The summed E-state index contributed by atoms with van der Waals surface area (Å²) in [4.78, 5) is 0. The molecule has 0 N–H and O–H groups in total. The molecule has 0 spiro atoms. The number of hydrogen-bond donors (Lipinski definition) is 0. The summed E-state index contributed by atoms with van der Waals surface area (Å²) in [5.74, 6) is 0. The smallest absolute Gasteiger partial charge is 0.245 e. The van der Waals surface area contributed by atoms with Crippen LogP contribution in [0.1, 0.15) is 13.2 Å². The third-order valence-electron chi connectivity index (χ3n) is 1.55. The molecule has 11 heavy (non-hydrogen) atoms. The van der Waals surface area contributed by atoms with Crippen LogP contribution in [0, 0.1) is 0 Å². The molecule has 0 aliphatic heterocycles. The minimum atomic E-state index is 0. The van der Waals surface area contributed by atoms with Gasteiger partial charge in [0.2, 0.25) is 6.33 Å². The molecule has 1 rings (SSSR count). The van der Waals surface area contributed by atoms with Crippen LogP contribution in [0.3, 0.4) is 0 Å². The minimum absolute atomic E-state index is 0. The maximum atomic E-state index is 5.10. The maximum Gasteiger partial charge on any atom is 0.245 e. The zero-order valence-corrected chi connectivity index (χ0v) is 8.58. The molecular formula is C7H13BrN2O. The molecule has 1 unspecified atom stereocenters. The Bertz CT molecular complexity index is 212. The molecule has 0 bridgehead atoms. The molecule has 1 heterocycles. The van der Waals surface area contributed by atoms with Crippen LogP contribution in [-0.2, 0) is 11.8 Å². The Kier molecular flexibility index (Phi) is 4.37. The fourth-order valence-electron chi connectivity index (χ4n) is 0.806. The van der Waals surface area contributed by atoms with Crippen LogP contribution in [0.5, 0.6) is 0 Å². The Labute approximate surface area is 77.4 Å². The van der Waals surface area contributed by atoms with Gasteiger partial charge in [-0.05, 0) is 0 Å². The highest BCUT2D eigenvalue weighted by Crippen LogP contribution is 2.01. The molecule has 0 saturated carbocycles. The molecule has 3 nitrogen and oxygen atoms in total. The number of ether oxygens (including phenoxy) is 1. The second-order valence-corrected chi connectivity index (χ2v) is 2.36. The molecule has 1 aromatic heterocycles. The van der Waals surface area contributed by atoms with Crippen LogP contribution in [-0.4, -0.2) is 11.7 Å². The van der Waals surface area contributed by atoms with E-state index < -0.39 is 0 Å². The quantitative estimate of drug-likeness (QED) is 0.504. The van der Waals surface area contributed by atoms with E-state index in [-0.39, 0.29) is 23.2 Å².